The van der Waals surface area contributed by atoms with E-state index in [-0.39, 0.29) is 6.10 Å². The van der Waals surface area contributed by atoms with Crippen LogP contribution in [0.25, 0.3) is 0 Å². The highest BCUT2D eigenvalue weighted by molar-refractivity contribution is 9.10. The van der Waals surface area contributed by atoms with E-state index in [0.29, 0.717) is 12.5 Å². The van der Waals surface area contributed by atoms with Gasteiger partial charge in [0.1, 0.15) is 5.75 Å². The SMILES string of the molecule is COc1cc(Br)cc(NCC(O)CC2CCCC2)c1. The third-order valence-corrected chi connectivity index (χ3v) is 4.19. The fourth-order valence-electron chi connectivity index (χ4n) is 2.73. The quantitative estimate of drug-likeness (QED) is 0.834. The summed E-state index contributed by atoms with van der Waals surface area (Å²) in [7, 11) is 1.65. The Balaban J connectivity index is 1.82. The molecule has 1 aromatic carbocycles. The predicted molar refractivity (Wildman–Crippen MR) is 81.8 cm³/mol. The molecule has 4 heteroatoms. The van der Waals surface area contributed by atoms with Crippen LogP contribution < -0.4 is 10.1 Å². The van der Waals surface area contributed by atoms with Crippen LogP contribution in [-0.4, -0.2) is 24.9 Å². The van der Waals surface area contributed by atoms with Gasteiger partial charge in [0.05, 0.1) is 13.2 Å². The van der Waals surface area contributed by atoms with E-state index in [1.165, 1.54) is 25.7 Å². The first-order valence-electron chi connectivity index (χ1n) is 6.94. The normalized spacial score (nSPS) is 17.4. The van der Waals surface area contributed by atoms with Crippen molar-refractivity contribution < 1.29 is 9.84 Å². The smallest absolute Gasteiger partial charge is 0.122 e. The molecule has 1 aromatic rings. The molecule has 0 aromatic heterocycles. The molecule has 1 atom stereocenters. The Morgan fingerprint density at radius 1 is 1.37 bits per heavy atom. The Morgan fingerprint density at radius 2 is 2.11 bits per heavy atom. The highest BCUT2D eigenvalue weighted by Gasteiger charge is 2.18. The highest BCUT2D eigenvalue weighted by atomic mass is 79.9. The maximum Gasteiger partial charge on any atom is 0.122 e. The van der Waals surface area contributed by atoms with E-state index in [4.69, 9.17) is 4.74 Å². The molecule has 1 aliphatic carbocycles. The average Bonchev–Trinajstić information content (AvgIpc) is 2.88. The molecule has 1 unspecified atom stereocenters. The van der Waals surface area contributed by atoms with Crippen molar-refractivity contribution in [1.82, 2.24) is 0 Å². The summed E-state index contributed by atoms with van der Waals surface area (Å²) in [4.78, 5) is 0. The summed E-state index contributed by atoms with van der Waals surface area (Å²) in [5.41, 5.74) is 0.969. The summed E-state index contributed by atoms with van der Waals surface area (Å²) in [6.07, 6.45) is 5.86. The van der Waals surface area contributed by atoms with Crippen molar-refractivity contribution >= 4 is 21.6 Å². The van der Waals surface area contributed by atoms with Crippen LogP contribution in [0.5, 0.6) is 5.75 Å². The molecule has 0 heterocycles. The predicted octanol–water partition coefficient (Wildman–Crippen LogP) is 3.81. The fourth-order valence-corrected chi connectivity index (χ4v) is 3.20. The van der Waals surface area contributed by atoms with Crippen molar-refractivity contribution in [3.8, 4) is 5.75 Å². The summed E-state index contributed by atoms with van der Waals surface area (Å²) < 4.78 is 6.19. The van der Waals surface area contributed by atoms with Gasteiger partial charge in [-0.15, -0.1) is 0 Å². The summed E-state index contributed by atoms with van der Waals surface area (Å²) >= 11 is 3.45. The lowest BCUT2D eigenvalue weighted by molar-refractivity contribution is 0.155. The van der Waals surface area contributed by atoms with Crippen LogP contribution in [0.2, 0.25) is 0 Å². The number of aliphatic hydroxyl groups excluding tert-OH is 1. The van der Waals surface area contributed by atoms with Crippen LogP contribution in [0, 0.1) is 5.92 Å². The minimum Gasteiger partial charge on any atom is -0.497 e. The molecule has 0 spiro atoms. The Bertz CT molecular complexity index is 405. The zero-order valence-corrected chi connectivity index (χ0v) is 12.9. The van der Waals surface area contributed by atoms with Crippen LogP contribution >= 0.6 is 15.9 Å². The minimum absolute atomic E-state index is 0.270. The highest BCUT2D eigenvalue weighted by Crippen LogP contribution is 2.29. The minimum atomic E-state index is -0.270. The van der Waals surface area contributed by atoms with Gasteiger partial charge in [0.25, 0.3) is 0 Å². The van der Waals surface area contributed by atoms with Gasteiger partial charge in [0.15, 0.2) is 0 Å². The maximum atomic E-state index is 10.1. The fraction of sp³-hybridized carbons (Fsp3) is 0.600. The van der Waals surface area contributed by atoms with Gasteiger partial charge in [0.2, 0.25) is 0 Å². The summed E-state index contributed by atoms with van der Waals surface area (Å²) in [5, 5.41) is 13.3. The van der Waals surface area contributed by atoms with Crippen LogP contribution in [0.15, 0.2) is 22.7 Å². The molecule has 1 aliphatic rings. The number of hydrogen-bond donors (Lipinski definition) is 2. The molecule has 2 N–H and O–H groups in total. The van der Waals surface area contributed by atoms with Crippen LogP contribution in [0.1, 0.15) is 32.1 Å². The van der Waals surface area contributed by atoms with Gasteiger partial charge in [-0.1, -0.05) is 41.6 Å². The van der Waals surface area contributed by atoms with E-state index in [9.17, 15) is 5.11 Å². The number of methoxy groups -OCH3 is 1. The Hall–Kier alpha value is -0.740. The Morgan fingerprint density at radius 3 is 2.79 bits per heavy atom. The number of anilines is 1. The third-order valence-electron chi connectivity index (χ3n) is 3.73. The van der Waals surface area contributed by atoms with Crippen LogP contribution in [-0.2, 0) is 0 Å². The van der Waals surface area contributed by atoms with Crippen molar-refractivity contribution in [2.75, 3.05) is 19.0 Å². The van der Waals surface area contributed by atoms with Gasteiger partial charge in [-0.25, -0.2) is 0 Å². The molecule has 3 nitrogen and oxygen atoms in total. The molecule has 19 heavy (non-hydrogen) atoms. The van der Waals surface area contributed by atoms with E-state index in [2.05, 4.69) is 21.2 Å². The standard InChI is InChI=1S/C15H22BrNO2/c1-19-15-8-12(16)7-13(9-15)17-10-14(18)6-11-4-2-3-5-11/h7-9,11,14,17-18H,2-6,10H2,1H3. The summed E-state index contributed by atoms with van der Waals surface area (Å²) in [6, 6.07) is 5.85. The second-order valence-electron chi connectivity index (χ2n) is 5.30. The molecule has 0 amide bonds. The number of rotatable bonds is 6. The number of nitrogens with one attached hydrogen (secondary N) is 1. The largest absolute Gasteiger partial charge is 0.497 e. The topological polar surface area (TPSA) is 41.5 Å². The zero-order chi connectivity index (χ0) is 13.7. The Kier molecular flexibility index (Phi) is 5.52. The third kappa shape index (κ3) is 4.69. The van der Waals surface area contributed by atoms with Gasteiger partial charge < -0.3 is 15.2 Å². The number of hydrogen-bond acceptors (Lipinski definition) is 3. The molecule has 0 radical (unpaired) electrons. The van der Waals surface area contributed by atoms with Gasteiger partial charge >= 0.3 is 0 Å². The van der Waals surface area contributed by atoms with E-state index < -0.39 is 0 Å². The van der Waals surface area contributed by atoms with Crippen molar-refractivity contribution in [2.24, 2.45) is 5.92 Å². The first-order chi connectivity index (χ1) is 9.17. The van der Waals surface area contributed by atoms with Gasteiger partial charge in [0, 0.05) is 22.8 Å². The molecular weight excluding hydrogens is 306 g/mol. The molecule has 2 rings (SSSR count). The molecule has 106 valence electrons. The molecule has 1 saturated carbocycles. The first kappa shape index (κ1) is 14.7. The van der Waals surface area contributed by atoms with Crippen molar-refractivity contribution in [1.29, 1.82) is 0 Å². The molecule has 0 bridgehead atoms. The van der Waals surface area contributed by atoms with Gasteiger partial charge in [-0.3, -0.25) is 0 Å². The second kappa shape index (κ2) is 7.15. The lowest BCUT2D eigenvalue weighted by atomic mass is 10.00. The second-order valence-corrected chi connectivity index (χ2v) is 6.22. The van der Waals surface area contributed by atoms with Gasteiger partial charge in [-0.2, -0.15) is 0 Å². The number of halogens is 1. The van der Waals surface area contributed by atoms with Crippen molar-refractivity contribution in [2.45, 2.75) is 38.2 Å². The van der Waals surface area contributed by atoms with Crippen molar-refractivity contribution in [3.63, 3.8) is 0 Å². The van der Waals surface area contributed by atoms with E-state index in [0.717, 1.165) is 22.3 Å². The van der Waals surface area contributed by atoms with Crippen LogP contribution in [0.4, 0.5) is 5.69 Å². The summed E-state index contributed by atoms with van der Waals surface area (Å²) in [5.74, 6) is 1.52. The monoisotopic (exact) mass is 327 g/mol. The lowest BCUT2D eigenvalue weighted by Gasteiger charge is -2.17. The van der Waals surface area contributed by atoms with E-state index in [1.807, 2.05) is 18.2 Å². The summed E-state index contributed by atoms with van der Waals surface area (Å²) in [6.45, 7) is 0.593. The van der Waals surface area contributed by atoms with E-state index >= 15 is 0 Å². The maximum absolute atomic E-state index is 10.1. The zero-order valence-electron chi connectivity index (χ0n) is 11.4. The van der Waals surface area contributed by atoms with Gasteiger partial charge in [-0.05, 0) is 24.5 Å². The molecular formula is C15H22BrNO2. The molecule has 1 fully saturated rings. The number of benzene rings is 1. The van der Waals surface area contributed by atoms with E-state index in [1.54, 1.807) is 7.11 Å². The van der Waals surface area contributed by atoms with Crippen molar-refractivity contribution in [3.05, 3.63) is 22.7 Å². The molecule has 0 saturated heterocycles. The Labute approximate surface area is 123 Å². The number of aliphatic hydroxyl groups is 1. The first-order valence-corrected chi connectivity index (χ1v) is 7.73. The van der Waals surface area contributed by atoms with Crippen LogP contribution in [0.3, 0.4) is 0 Å². The number of ether oxygens (including phenoxy) is 1. The average molecular weight is 328 g/mol. The lowest BCUT2D eigenvalue weighted by Crippen LogP contribution is -2.22. The molecule has 0 aliphatic heterocycles.